The first kappa shape index (κ1) is 14.6. The van der Waals surface area contributed by atoms with Gasteiger partial charge in [-0.1, -0.05) is 38.9 Å². The highest BCUT2D eigenvalue weighted by Gasteiger charge is 2.13. The standard InChI is InChI=1S/C13H29NSSi/c1-16(2,3)12-11-15-10-9-14-13-7-5-4-6-8-13/h13-14H,4-12H2,1-3H3. The lowest BCUT2D eigenvalue weighted by Gasteiger charge is -2.22. The number of hydrogen-bond acceptors (Lipinski definition) is 2. The van der Waals surface area contributed by atoms with E-state index in [9.17, 15) is 0 Å². The van der Waals surface area contributed by atoms with Gasteiger partial charge < -0.3 is 5.32 Å². The van der Waals surface area contributed by atoms with E-state index in [2.05, 4.69) is 36.7 Å². The molecule has 1 fully saturated rings. The summed E-state index contributed by atoms with van der Waals surface area (Å²) < 4.78 is 0. The molecule has 1 aliphatic rings. The molecule has 1 N–H and O–H groups in total. The summed E-state index contributed by atoms with van der Waals surface area (Å²) in [7, 11) is -0.791. The first-order valence-corrected chi connectivity index (χ1v) is 11.8. The van der Waals surface area contributed by atoms with Gasteiger partial charge in [-0.2, -0.15) is 11.8 Å². The second-order valence-corrected chi connectivity index (χ2v) is 13.1. The highest BCUT2D eigenvalue weighted by Crippen LogP contribution is 2.17. The van der Waals surface area contributed by atoms with Crippen LogP contribution < -0.4 is 5.32 Å². The maximum absolute atomic E-state index is 3.71. The minimum Gasteiger partial charge on any atom is -0.313 e. The average molecular weight is 260 g/mol. The molecule has 0 amide bonds. The molecule has 0 bridgehead atoms. The lowest BCUT2D eigenvalue weighted by Crippen LogP contribution is -2.32. The lowest BCUT2D eigenvalue weighted by atomic mass is 9.96. The van der Waals surface area contributed by atoms with Crippen LogP contribution in [0.15, 0.2) is 0 Å². The summed E-state index contributed by atoms with van der Waals surface area (Å²) in [6.07, 6.45) is 7.18. The van der Waals surface area contributed by atoms with E-state index in [-0.39, 0.29) is 0 Å². The van der Waals surface area contributed by atoms with Crippen LogP contribution in [-0.2, 0) is 0 Å². The fraction of sp³-hybridized carbons (Fsp3) is 1.00. The van der Waals surface area contributed by atoms with Gasteiger partial charge in [0.15, 0.2) is 0 Å². The van der Waals surface area contributed by atoms with Gasteiger partial charge in [-0.3, -0.25) is 0 Å². The Kier molecular flexibility index (Phi) is 7.09. The van der Waals surface area contributed by atoms with Gasteiger partial charge in [0.05, 0.1) is 0 Å². The monoisotopic (exact) mass is 259 g/mol. The molecule has 0 spiro atoms. The molecule has 1 rings (SSSR count). The van der Waals surface area contributed by atoms with Gasteiger partial charge in [-0.05, 0) is 24.6 Å². The van der Waals surface area contributed by atoms with Crippen molar-refractivity contribution in [3.05, 3.63) is 0 Å². The van der Waals surface area contributed by atoms with Gasteiger partial charge >= 0.3 is 0 Å². The van der Waals surface area contributed by atoms with Gasteiger partial charge in [-0.15, -0.1) is 0 Å². The molecule has 0 heterocycles. The highest BCUT2D eigenvalue weighted by molar-refractivity contribution is 7.99. The van der Waals surface area contributed by atoms with Gasteiger partial charge in [0, 0.05) is 26.4 Å². The number of hydrogen-bond donors (Lipinski definition) is 1. The molecule has 96 valence electrons. The summed E-state index contributed by atoms with van der Waals surface area (Å²) in [6.45, 7) is 8.62. The molecule has 0 radical (unpaired) electrons. The van der Waals surface area contributed by atoms with E-state index in [1.165, 1.54) is 56.2 Å². The van der Waals surface area contributed by atoms with Crippen LogP contribution in [0.2, 0.25) is 25.7 Å². The molecule has 0 aromatic carbocycles. The minimum absolute atomic E-state index is 0.791. The summed E-state index contributed by atoms with van der Waals surface area (Å²) in [5.41, 5.74) is 0. The number of rotatable bonds is 7. The molecular weight excluding hydrogens is 230 g/mol. The van der Waals surface area contributed by atoms with Crippen LogP contribution in [0.4, 0.5) is 0 Å². The summed E-state index contributed by atoms with van der Waals surface area (Å²) >= 11 is 2.14. The van der Waals surface area contributed by atoms with E-state index in [1.807, 2.05) is 0 Å². The normalized spacial score (nSPS) is 18.9. The van der Waals surface area contributed by atoms with Crippen molar-refractivity contribution in [2.75, 3.05) is 18.1 Å². The van der Waals surface area contributed by atoms with Crippen molar-refractivity contribution >= 4 is 19.8 Å². The van der Waals surface area contributed by atoms with Crippen molar-refractivity contribution in [2.24, 2.45) is 0 Å². The zero-order valence-electron chi connectivity index (χ0n) is 11.3. The van der Waals surface area contributed by atoms with E-state index in [4.69, 9.17) is 0 Å². The van der Waals surface area contributed by atoms with E-state index in [0.29, 0.717) is 0 Å². The van der Waals surface area contributed by atoms with Crippen LogP contribution in [0.1, 0.15) is 32.1 Å². The molecule has 0 atom stereocenters. The lowest BCUT2D eigenvalue weighted by molar-refractivity contribution is 0.381. The number of nitrogens with one attached hydrogen (secondary N) is 1. The molecule has 1 nitrogen and oxygen atoms in total. The van der Waals surface area contributed by atoms with E-state index in [1.54, 1.807) is 0 Å². The predicted octanol–water partition coefficient (Wildman–Crippen LogP) is 3.98. The van der Waals surface area contributed by atoms with Crippen molar-refractivity contribution in [1.82, 2.24) is 5.32 Å². The zero-order valence-corrected chi connectivity index (χ0v) is 13.2. The largest absolute Gasteiger partial charge is 0.313 e. The second kappa shape index (κ2) is 7.78. The Balaban J connectivity index is 1.87. The molecule has 0 unspecified atom stereocenters. The molecular formula is C13H29NSSi. The van der Waals surface area contributed by atoms with Gasteiger partial charge in [0.1, 0.15) is 0 Å². The highest BCUT2D eigenvalue weighted by atomic mass is 32.2. The quantitative estimate of drug-likeness (QED) is 0.548. The van der Waals surface area contributed by atoms with E-state index in [0.717, 1.165) is 6.04 Å². The minimum atomic E-state index is -0.791. The van der Waals surface area contributed by atoms with Crippen molar-refractivity contribution in [3.63, 3.8) is 0 Å². The molecule has 0 aromatic rings. The predicted molar refractivity (Wildman–Crippen MR) is 80.4 cm³/mol. The summed E-state index contributed by atoms with van der Waals surface area (Å²) in [5.74, 6) is 2.68. The van der Waals surface area contributed by atoms with Crippen LogP contribution in [-0.4, -0.2) is 32.2 Å². The van der Waals surface area contributed by atoms with Crippen LogP contribution in [0.25, 0.3) is 0 Å². The zero-order chi connectivity index (χ0) is 11.9. The van der Waals surface area contributed by atoms with Crippen molar-refractivity contribution in [1.29, 1.82) is 0 Å². The maximum atomic E-state index is 3.71. The molecule has 0 saturated heterocycles. The smallest absolute Gasteiger partial charge is 0.0450 e. The van der Waals surface area contributed by atoms with Gasteiger partial charge in [0.2, 0.25) is 0 Å². The third-order valence-electron chi connectivity index (χ3n) is 3.28. The Bertz CT molecular complexity index is 173. The third kappa shape index (κ3) is 7.74. The first-order valence-electron chi connectivity index (χ1n) is 6.89. The summed E-state index contributed by atoms with van der Waals surface area (Å²) in [6, 6.07) is 2.31. The second-order valence-electron chi connectivity index (χ2n) is 6.21. The van der Waals surface area contributed by atoms with Crippen molar-refractivity contribution < 1.29 is 0 Å². The molecule has 16 heavy (non-hydrogen) atoms. The van der Waals surface area contributed by atoms with Gasteiger partial charge in [0.25, 0.3) is 0 Å². The SMILES string of the molecule is C[Si](C)(C)CCSCCNC1CCCCC1. The van der Waals surface area contributed by atoms with Crippen LogP contribution in [0, 0.1) is 0 Å². The number of thioether (sulfide) groups is 1. The maximum Gasteiger partial charge on any atom is 0.0450 e. The summed E-state index contributed by atoms with van der Waals surface area (Å²) in [4.78, 5) is 0. The third-order valence-corrected chi connectivity index (χ3v) is 6.38. The van der Waals surface area contributed by atoms with Crippen LogP contribution in [0.5, 0.6) is 0 Å². The Morgan fingerprint density at radius 3 is 2.38 bits per heavy atom. The topological polar surface area (TPSA) is 12.0 Å². The van der Waals surface area contributed by atoms with Crippen LogP contribution in [0.3, 0.4) is 0 Å². The van der Waals surface area contributed by atoms with Crippen molar-refractivity contribution in [2.45, 2.75) is 63.8 Å². The summed E-state index contributed by atoms with van der Waals surface area (Å²) in [5, 5.41) is 3.71. The van der Waals surface area contributed by atoms with Crippen LogP contribution >= 0.6 is 11.8 Å². The fourth-order valence-electron chi connectivity index (χ4n) is 2.12. The molecule has 0 aromatic heterocycles. The Labute approximate surface area is 107 Å². The Morgan fingerprint density at radius 1 is 1.06 bits per heavy atom. The molecule has 1 aliphatic carbocycles. The van der Waals surface area contributed by atoms with Crippen molar-refractivity contribution in [3.8, 4) is 0 Å². The molecule has 1 saturated carbocycles. The molecule has 0 aliphatic heterocycles. The Hall–Kier alpha value is 0.527. The fourth-order valence-corrected chi connectivity index (χ4v) is 5.62. The Morgan fingerprint density at radius 2 is 1.75 bits per heavy atom. The van der Waals surface area contributed by atoms with E-state index < -0.39 is 8.07 Å². The first-order chi connectivity index (χ1) is 7.58. The van der Waals surface area contributed by atoms with E-state index >= 15 is 0 Å². The average Bonchev–Trinajstić information content (AvgIpc) is 2.23. The van der Waals surface area contributed by atoms with Gasteiger partial charge in [-0.25, -0.2) is 0 Å². The molecule has 3 heteroatoms.